The molecule has 0 atom stereocenters. The Bertz CT molecular complexity index is 737. The van der Waals surface area contributed by atoms with E-state index in [1.165, 1.54) is 31.4 Å². The van der Waals surface area contributed by atoms with Crippen molar-refractivity contribution in [2.45, 2.75) is 0 Å². The van der Waals surface area contributed by atoms with Gasteiger partial charge in [-0.25, -0.2) is 4.79 Å². The van der Waals surface area contributed by atoms with E-state index in [0.29, 0.717) is 10.2 Å². The predicted octanol–water partition coefficient (Wildman–Crippen LogP) is 3.66. The van der Waals surface area contributed by atoms with Crippen molar-refractivity contribution in [3.8, 4) is 11.5 Å². The third-order valence-electron chi connectivity index (χ3n) is 2.71. The summed E-state index contributed by atoms with van der Waals surface area (Å²) in [4.78, 5) is 26.1. The smallest absolute Gasteiger partial charge is 0.411 e. The molecule has 1 heterocycles. The molecule has 8 nitrogen and oxygen atoms in total. The summed E-state index contributed by atoms with van der Waals surface area (Å²) in [6.07, 6.45) is 1.73. The van der Waals surface area contributed by atoms with Gasteiger partial charge in [0.15, 0.2) is 0 Å². The van der Waals surface area contributed by atoms with Gasteiger partial charge in [0, 0.05) is 29.8 Å². The van der Waals surface area contributed by atoms with Gasteiger partial charge in [0.25, 0.3) is 5.69 Å². The van der Waals surface area contributed by atoms with Crippen molar-refractivity contribution >= 4 is 33.4 Å². The van der Waals surface area contributed by atoms with Gasteiger partial charge in [-0.2, -0.15) is 0 Å². The second kappa shape index (κ2) is 6.39. The number of halogens is 1. The number of anilines is 1. The van der Waals surface area contributed by atoms with Crippen molar-refractivity contribution in [1.29, 1.82) is 0 Å². The molecule has 2 rings (SSSR count). The van der Waals surface area contributed by atoms with Crippen LogP contribution < -0.4 is 9.64 Å². The standard InChI is InChI=1S/C13H10BrN3O5/c1-16(13(18)19)12-5-9(2-3-11(12)17(20)21)22-10-4-8(14)6-15-7-10/h2-7H,1H3,(H,18,19). The van der Waals surface area contributed by atoms with Crippen LogP contribution >= 0.6 is 15.9 Å². The lowest BCUT2D eigenvalue weighted by molar-refractivity contribution is -0.384. The number of amides is 1. The predicted molar refractivity (Wildman–Crippen MR) is 81.5 cm³/mol. The lowest BCUT2D eigenvalue weighted by Gasteiger charge is -2.14. The molecule has 0 spiro atoms. The van der Waals surface area contributed by atoms with Crippen molar-refractivity contribution in [2.24, 2.45) is 0 Å². The molecular weight excluding hydrogens is 358 g/mol. The van der Waals surface area contributed by atoms with Crippen LogP contribution in [0.5, 0.6) is 11.5 Å². The molecule has 114 valence electrons. The second-order valence-corrected chi connectivity index (χ2v) is 5.11. The molecule has 0 aliphatic carbocycles. The molecule has 0 fully saturated rings. The average Bonchev–Trinajstić information content (AvgIpc) is 2.46. The molecule has 0 radical (unpaired) electrons. The van der Waals surface area contributed by atoms with Crippen LogP contribution in [-0.2, 0) is 0 Å². The zero-order chi connectivity index (χ0) is 16.3. The highest BCUT2D eigenvalue weighted by atomic mass is 79.9. The molecule has 9 heteroatoms. The number of nitrogens with zero attached hydrogens (tertiary/aromatic N) is 3. The largest absolute Gasteiger partial charge is 0.465 e. The Morgan fingerprint density at radius 2 is 2.09 bits per heavy atom. The van der Waals surface area contributed by atoms with E-state index in [4.69, 9.17) is 9.84 Å². The van der Waals surface area contributed by atoms with Crippen molar-refractivity contribution in [2.75, 3.05) is 11.9 Å². The van der Waals surface area contributed by atoms with Gasteiger partial charge < -0.3 is 9.84 Å². The first-order chi connectivity index (χ1) is 10.4. The second-order valence-electron chi connectivity index (χ2n) is 4.19. The Morgan fingerprint density at radius 1 is 1.36 bits per heavy atom. The molecule has 0 aliphatic heterocycles. The number of hydrogen-bond acceptors (Lipinski definition) is 5. The van der Waals surface area contributed by atoms with E-state index >= 15 is 0 Å². The highest BCUT2D eigenvalue weighted by Gasteiger charge is 2.22. The summed E-state index contributed by atoms with van der Waals surface area (Å²) < 4.78 is 6.23. The van der Waals surface area contributed by atoms with Crippen LogP contribution in [0.15, 0.2) is 41.1 Å². The first kappa shape index (κ1) is 15.7. The monoisotopic (exact) mass is 367 g/mol. The summed E-state index contributed by atoms with van der Waals surface area (Å²) in [7, 11) is 1.22. The number of benzene rings is 1. The number of carbonyl (C=O) groups is 1. The molecule has 0 unspecified atom stereocenters. The molecule has 0 aliphatic rings. The van der Waals surface area contributed by atoms with Crippen LogP contribution in [0, 0.1) is 10.1 Å². The maximum Gasteiger partial charge on any atom is 0.411 e. The molecular formula is C13H10BrN3O5. The van der Waals surface area contributed by atoms with Gasteiger partial charge in [-0.15, -0.1) is 0 Å². The number of nitro groups is 1. The highest BCUT2D eigenvalue weighted by molar-refractivity contribution is 9.10. The minimum Gasteiger partial charge on any atom is -0.465 e. The third kappa shape index (κ3) is 3.50. The van der Waals surface area contributed by atoms with E-state index in [1.807, 2.05) is 0 Å². The molecule has 0 bridgehead atoms. The Labute approximate surface area is 133 Å². The molecule has 1 N–H and O–H groups in total. The molecule has 0 saturated carbocycles. The number of ether oxygens (including phenoxy) is 1. The lowest BCUT2D eigenvalue weighted by atomic mass is 10.2. The Balaban J connectivity index is 2.40. The maximum absolute atomic E-state index is 11.0. The van der Waals surface area contributed by atoms with E-state index in [0.717, 1.165) is 4.90 Å². The number of aromatic nitrogens is 1. The van der Waals surface area contributed by atoms with Gasteiger partial charge >= 0.3 is 6.09 Å². The lowest BCUT2D eigenvalue weighted by Crippen LogP contribution is -2.24. The Hall–Kier alpha value is -2.68. The molecule has 0 saturated heterocycles. The number of carboxylic acid groups (broad SMARTS) is 1. The molecule has 1 amide bonds. The topological polar surface area (TPSA) is 106 Å². The van der Waals surface area contributed by atoms with Gasteiger partial charge in [-0.1, -0.05) is 0 Å². The van der Waals surface area contributed by atoms with Crippen LogP contribution in [0.3, 0.4) is 0 Å². The molecule has 1 aromatic heterocycles. The van der Waals surface area contributed by atoms with Crippen molar-refractivity contribution in [3.63, 3.8) is 0 Å². The number of hydrogen-bond donors (Lipinski definition) is 1. The summed E-state index contributed by atoms with van der Waals surface area (Å²) >= 11 is 3.25. The fraction of sp³-hybridized carbons (Fsp3) is 0.0769. The minimum atomic E-state index is -1.32. The Morgan fingerprint density at radius 3 is 2.68 bits per heavy atom. The highest BCUT2D eigenvalue weighted by Crippen LogP contribution is 2.33. The summed E-state index contributed by atoms with van der Waals surface area (Å²) in [6.45, 7) is 0. The fourth-order valence-corrected chi connectivity index (χ4v) is 2.02. The fourth-order valence-electron chi connectivity index (χ4n) is 1.68. The molecule has 22 heavy (non-hydrogen) atoms. The average molecular weight is 368 g/mol. The molecule has 2 aromatic rings. The van der Waals surface area contributed by atoms with Crippen LogP contribution in [-0.4, -0.2) is 28.2 Å². The van der Waals surface area contributed by atoms with E-state index in [-0.39, 0.29) is 17.1 Å². The zero-order valence-corrected chi connectivity index (χ0v) is 12.8. The summed E-state index contributed by atoms with van der Waals surface area (Å²) in [5.41, 5.74) is -0.414. The quantitative estimate of drug-likeness (QED) is 0.652. The maximum atomic E-state index is 11.0. The van der Waals surface area contributed by atoms with Gasteiger partial charge in [0.05, 0.1) is 11.1 Å². The van der Waals surface area contributed by atoms with Crippen molar-refractivity contribution in [1.82, 2.24) is 4.98 Å². The van der Waals surface area contributed by atoms with E-state index in [1.54, 1.807) is 12.3 Å². The van der Waals surface area contributed by atoms with E-state index in [9.17, 15) is 14.9 Å². The van der Waals surface area contributed by atoms with Crippen LogP contribution in [0.2, 0.25) is 0 Å². The first-order valence-electron chi connectivity index (χ1n) is 5.92. The van der Waals surface area contributed by atoms with Crippen LogP contribution in [0.1, 0.15) is 0 Å². The van der Waals surface area contributed by atoms with E-state index < -0.39 is 11.0 Å². The zero-order valence-electron chi connectivity index (χ0n) is 11.3. The van der Waals surface area contributed by atoms with Gasteiger partial charge in [0.1, 0.15) is 17.2 Å². The van der Waals surface area contributed by atoms with E-state index in [2.05, 4.69) is 20.9 Å². The molecule has 1 aromatic carbocycles. The minimum absolute atomic E-state index is 0.0852. The van der Waals surface area contributed by atoms with Gasteiger partial charge in [0.2, 0.25) is 0 Å². The van der Waals surface area contributed by atoms with Crippen LogP contribution in [0.25, 0.3) is 0 Å². The number of pyridine rings is 1. The number of nitro benzene ring substituents is 1. The van der Waals surface area contributed by atoms with Crippen molar-refractivity contribution < 1.29 is 19.6 Å². The summed E-state index contributed by atoms with van der Waals surface area (Å²) in [6, 6.07) is 5.52. The third-order valence-corrected chi connectivity index (χ3v) is 3.14. The van der Waals surface area contributed by atoms with Gasteiger partial charge in [-0.3, -0.25) is 20.0 Å². The summed E-state index contributed by atoms with van der Waals surface area (Å²) in [5, 5.41) is 20.0. The van der Waals surface area contributed by atoms with Crippen molar-refractivity contribution in [3.05, 3.63) is 51.2 Å². The normalized spacial score (nSPS) is 10.1. The van der Waals surface area contributed by atoms with Crippen LogP contribution in [0.4, 0.5) is 16.2 Å². The van der Waals surface area contributed by atoms with Gasteiger partial charge in [-0.05, 0) is 28.1 Å². The number of rotatable bonds is 4. The SMILES string of the molecule is CN(C(=O)O)c1cc(Oc2cncc(Br)c2)ccc1[N+](=O)[O-]. The summed E-state index contributed by atoms with van der Waals surface area (Å²) in [5.74, 6) is 0.667. The first-order valence-corrected chi connectivity index (χ1v) is 6.71. The Kier molecular flexibility index (Phi) is 4.56.